The van der Waals surface area contributed by atoms with Gasteiger partial charge in [-0.15, -0.1) is 0 Å². The van der Waals surface area contributed by atoms with E-state index < -0.39 is 0 Å². The first-order valence-corrected chi connectivity index (χ1v) is 6.36. The molecule has 0 radical (unpaired) electrons. The van der Waals surface area contributed by atoms with Crippen LogP contribution in [0.3, 0.4) is 0 Å². The average Bonchev–Trinajstić information content (AvgIpc) is 2.35. The molecule has 0 unspecified atom stereocenters. The van der Waals surface area contributed by atoms with E-state index >= 15 is 0 Å². The topological polar surface area (TPSA) is 15.3 Å². The van der Waals surface area contributed by atoms with Crippen LogP contribution in [-0.4, -0.2) is 30.6 Å². The van der Waals surface area contributed by atoms with Crippen LogP contribution in [0, 0.1) is 0 Å². The highest BCUT2D eigenvalue weighted by atomic mass is 15.1. The van der Waals surface area contributed by atoms with E-state index in [2.05, 4.69) is 48.3 Å². The summed E-state index contributed by atoms with van der Waals surface area (Å²) in [6.07, 6.45) is 1.17. The van der Waals surface area contributed by atoms with Gasteiger partial charge in [-0.25, -0.2) is 0 Å². The van der Waals surface area contributed by atoms with Crippen LogP contribution in [0.2, 0.25) is 0 Å². The zero-order valence-corrected chi connectivity index (χ0v) is 10.4. The Morgan fingerprint density at radius 3 is 2.56 bits per heavy atom. The lowest BCUT2D eigenvalue weighted by molar-refractivity contribution is 0.257. The number of likely N-dealkylation sites (N-methyl/N-ethyl adjacent to an activating group) is 1. The minimum Gasteiger partial charge on any atom is -0.308 e. The number of fused-ring (bicyclic) bond motifs is 1. The molecule has 0 aliphatic carbocycles. The molecule has 1 aromatic rings. The van der Waals surface area contributed by atoms with E-state index in [1.807, 2.05) is 0 Å². The number of hydrogen-bond acceptors (Lipinski definition) is 2. The molecule has 0 aromatic heterocycles. The second-order valence-corrected chi connectivity index (χ2v) is 4.54. The summed E-state index contributed by atoms with van der Waals surface area (Å²) in [7, 11) is 0. The van der Waals surface area contributed by atoms with Crippen LogP contribution in [0.15, 0.2) is 24.3 Å². The third-order valence-corrected chi connectivity index (χ3v) is 3.54. The highest BCUT2D eigenvalue weighted by Gasteiger charge is 2.18. The lowest BCUT2D eigenvalue weighted by atomic mass is 9.95. The summed E-state index contributed by atoms with van der Waals surface area (Å²) in [5.74, 6) is 0. The molecular formula is C14H22N2. The van der Waals surface area contributed by atoms with Crippen LogP contribution >= 0.6 is 0 Å². The SMILES string of the molecule is CCN(CC)C[C@@H]1Cc2ccccc2CN1. The van der Waals surface area contributed by atoms with E-state index in [4.69, 9.17) is 0 Å². The third kappa shape index (κ3) is 2.63. The van der Waals surface area contributed by atoms with Gasteiger partial charge < -0.3 is 10.2 Å². The molecule has 2 heteroatoms. The normalized spacial score (nSPS) is 19.8. The quantitative estimate of drug-likeness (QED) is 0.832. The molecule has 1 heterocycles. The van der Waals surface area contributed by atoms with Crippen molar-refractivity contribution in [2.24, 2.45) is 0 Å². The van der Waals surface area contributed by atoms with Crippen molar-refractivity contribution in [3.8, 4) is 0 Å². The molecule has 88 valence electrons. The highest BCUT2D eigenvalue weighted by molar-refractivity contribution is 5.29. The first kappa shape index (κ1) is 11.6. The molecule has 1 N–H and O–H groups in total. The summed E-state index contributed by atoms with van der Waals surface area (Å²) < 4.78 is 0. The van der Waals surface area contributed by atoms with E-state index in [-0.39, 0.29) is 0 Å². The maximum absolute atomic E-state index is 3.63. The van der Waals surface area contributed by atoms with Gasteiger partial charge in [0.15, 0.2) is 0 Å². The number of hydrogen-bond donors (Lipinski definition) is 1. The summed E-state index contributed by atoms with van der Waals surface area (Å²) in [6.45, 7) is 8.97. The molecule has 1 aliphatic rings. The zero-order valence-electron chi connectivity index (χ0n) is 10.4. The van der Waals surface area contributed by atoms with Crippen LogP contribution in [0.4, 0.5) is 0 Å². The molecule has 0 saturated heterocycles. The molecule has 1 aromatic carbocycles. The number of benzene rings is 1. The van der Waals surface area contributed by atoms with Crippen LogP contribution < -0.4 is 5.32 Å². The molecule has 2 rings (SSSR count). The van der Waals surface area contributed by atoms with Crippen molar-refractivity contribution >= 4 is 0 Å². The van der Waals surface area contributed by atoms with Gasteiger partial charge in [-0.1, -0.05) is 38.1 Å². The van der Waals surface area contributed by atoms with Crippen molar-refractivity contribution < 1.29 is 0 Å². The van der Waals surface area contributed by atoms with E-state index in [1.165, 1.54) is 24.1 Å². The maximum Gasteiger partial charge on any atom is 0.0238 e. The minimum atomic E-state index is 0.620. The van der Waals surface area contributed by atoms with Crippen LogP contribution in [0.1, 0.15) is 25.0 Å². The van der Waals surface area contributed by atoms with Crippen molar-refractivity contribution in [2.75, 3.05) is 19.6 Å². The molecular weight excluding hydrogens is 196 g/mol. The fourth-order valence-electron chi connectivity index (χ4n) is 2.44. The van der Waals surface area contributed by atoms with Crippen LogP contribution in [0.5, 0.6) is 0 Å². The summed E-state index contributed by atoms with van der Waals surface area (Å²) in [5, 5.41) is 3.63. The largest absolute Gasteiger partial charge is 0.308 e. The van der Waals surface area contributed by atoms with Gasteiger partial charge in [0.05, 0.1) is 0 Å². The molecule has 0 fully saturated rings. The molecule has 16 heavy (non-hydrogen) atoms. The Balaban J connectivity index is 1.97. The Bertz CT molecular complexity index is 331. The summed E-state index contributed by atoms with van der Waals surface area (Å²) >= 11 is 0. The highest BCUT2D eigenvalue weighted by Crippen LogP contribution is 2.16. The van der Waals surface area contributed by atoms with E-state index in [0.717, 1.165) is 19.6 Å². The predicted molar refractivity (Wildman–Crippen MR) is 68.6 cm³/mol. The Morgan fingerprint density at radius 2 is 1.88 bits per heavy atom. The maximum atomic E-state index is 3.63. The standard InChI is InChI=1S/C14H22N2/c1-3-16(4-2)11-14-9-12-7-5-6-8-13(12)10-15-14/h5-8,14-15H,3-4,9-11H2,1-2H3/t14-/m0/s1. The molecule has 0 bridgehead atoms. The molecule has 0 spiro atoms. The van der Waals surface area contributed by atoms with Gasteiger partial charge in [0.2, 0.25) is 0 Å². The number of nitrogens with one attached hydrogen (secondary N) is 1. The zero-order chi connectivity index (χ0) is 11.4. The Morgan fingerprint density at radius 1 is 1.19 bits per heavy atom. The van der Waals surface area contributed by atoms with Gasteiger partial charge in [0.25, 0.3) is 0 Å². The van der Waals surface area contributed by atoms with Gasteiger partial charge in [0, 0.05) is 19.1 Å². The lowest BCUT2D eigenvalue weighted by Crippen LogP contribution is -2.44. The van der Waals surface area contributed by atoms with Crippen molar-refractivity contribution in [3.63, 3.8) is 0 Å². The van der Waals surface area contributed by atoms with Crippen LogP contribution in [-0.2, 0) is 13.0 Å². The third-order valence-electron chi connectivity index (χ3n) is 3.54. The number of nitrogens with zero attached hydrogens (tertiary/aromatic N) is 1. The first-order valence-electron chi connectivity index (χ1n) is 6.36. The second-order valence-electron chi connectivity index (χ2n) is 4.54. The van der Waals surface area contributed by atoms with Gasteiger partial charge in [-0.05, 0) is 30.6 Å². The molecule has 0 saturated carbocycles. The lowest BCUT2D eigenvalue weighted by Gasteiger charge is -2.30. The fraction of sp³-hybridized carbons (Fsp3) is 0.571. The fourth-order valence-corrected chi connectivity index (χ4v) is 2.44. The van der Waals surface area contributed by atoms with Gasteiger partial charge in [0.1, 0.15) is 0 Å². The first-order chi connectivity index (χ1) is 7.83. The van der Waals surface area contributed by atoms with Crippen molar-refractivity contribution in [1.82, 2.24) is 10.2 Å². The Hall–Kier alpha value is -0.860. The number of rotatable bonds is 4. The monoisotopic (exact) mass is 218 g/mol. The van der Waals surface area contributed by atoms with Crippen molar-refractivity contribution in [3.05, 3.63) is 35.4 Å². The summed E-state index contributed by atoms with van der Waals surface area (Å²) in [6, 6.07) is 9.40. The van der Waals surface area contributed by atoms with Crippen molar-refractivity contribution in [1.29, 1.82) is 0 Å². The van der Waals surface area contributed by atoms with E-state index in [1.54, 1.807) is 0 Å². The summed E-state index contributed by atoms with van der Waals surface area (Å²) in [4.78, 5) is 2.49. The smallest absolute Gasteiger partial charge is 0.0238 e. The van der Waals surface area contributed by atoms with Gasteiger partial charge in [-0.3, -0.25) is 0 Å². The Kier molecular flexibility index (Phi) is 3.97. The molecule has 2 nitrogen and oxygen atoms in total. The van der Waals surface area contributed by atoms with E-state index in [0.29, 0.717) is 6.04 Å². The minimum absolute atomic E-state index is 0.620. The second kappa shape index (κ2) is 5.46. The average molecular weight is 218 g/mol. The molecule has 0 amide bonds. The van der Waals surface area contributed by atoms with Crippen LogP contribution in [0.25, 0.3) is 0 Å². The van der Waals surface area contributed by atoms with Crippen molar-refractivity contribution in [2.45, 2.75) is 32.9 Å². The molecule has 1 atom stereocenters. The van der Waals surface area contributed by atoms with Gasteiger partial charge >= 0.3 is 0 Å². The van der Waals surface area contributed by atoms with Gasteiger partial charge in [-0.2, -0.15) is 0 Å². The predicted octanol–water partition coefficient (Wildman–Crippen LogP) is 2.04. The summed E-state index contributed by atoms with van der Waals surface area (Å²) in [5.41, 5.74) is 3.00. The molecule has 1 aliphatic heterocycles. The van der Waals surface area contributed by atoms with E-state index in [9.17, 15) is 0 Å². The Labute approximate surface area is 98.7 Å².